The molecule has 1 heterocycles. The van der Waals surface area contributed by atoms with Crippen LogP contribution in [-0.2, 0) is 10.9 Å². The van der Waals surface area contributed by atoms with E-state index in [4.69, 9.17) is 0 Å². The second kappa shape index (κ2) is 8.31. The lowest BCUT2D eigenvalue weighted by molar-refractivity contribution is -0.137. The lowest BCUT2D eigenvalue weighted by Gasteiger charge is -2.07. The summed E-state index contributed by atoms with van der Waals surface area (Å²) in [5, 5.41) is 6.89. The van der Waals surface area contributed by atoms with Gasteiger partial charge in [0.2, 0.25) is 0 Å². The molecule has 0 saturated heterocycles. The second-order valence-electron chi connectivity index (χ2n) is 5.76. The largest absolute Gasteiger partial charge is 0.453 e. The van der Waals surface area contributed by atoms with Gasteiger partial charge >= 0.3 is 12.3 Å². The number of alkyl halides is 3. The molecule has 0 bridgehead atoms. The maximum atomic E-state index is 12.9. The van der Waals surface area contributed by atoms with Gasteiger partial charge in [-0.2, -0.15) is 13.2 Å². The summed E-state index contributed by atoms with van der Waals surface area (Å²) in [5.74, 6) is -0.506. The molecule has 6 nitrogen and oxygen atoms in total. The molecule has 3 rings (SSSR count). The molecule has 0 aliphatic heterocycles. The maximum absolute atomic E-state index is 12.9. The number of methoxy groups -OCH3 is 1. The Morgan fingerprint density at radius 2 is 1.69 bits per heavy atom. The lowest BCUT2D eigenvalue weighted by atomic mass is 10.1. The van der Waals surface area contributed by atoms with Crippen LogP contribution in [0.5, 0.6) is 0 Å². The maximum Gasteiger partial charge on any atom is 0.416 e. The van der Waals surface area contributed by atoms with E-state index in [1.165, 1.54) is 24.6 Å². The van der Waals surface area contributed by atoms with Crippen LogP contribution in [0.3, 0.4) is 0 Å². The van der Waals surface area contributed by atoms with E-state index in [2.05, 4.69) is 20.4 Å². The van der Waals surface area contributed by atoms with E-state index in [-0.39, 0.29) is 11.3 Å². The molecule has 0 spiro atoms. The van der Waals surface area contributed by atoms with E-state index in [9.17, 15) is 22.8 Å². The summed E-state index contributed by atoms with van der Waals surface area (Å²) in [5.41, 5.74) is 0.521. The number of carbonyl (C=O) groups excluding carboxylic acids is 2. The number of rotatable bonds is 4. The fraction of sp³-hybridized carbons (Fsp3) is 0.105. The molecule has 0 saturated carbocycles. The molecule has 10 heteroatoms. The highest BCUT2D eigenvalue weighted by Crippen LogP contribution is 2.33. The zero-order chi connectivity index (χ0) is 21.0. The van der Waals surface area contributed by atoms with E-state index in [0.717, 1.165) is 23.5 Å². The number of carbonyl (C=O) groups is 2. The first-order valence-corrected chi connectivity index (χ1v) is 9.04. The lowest BCUT2D eigenvalue weighted by Crippen LogP contribution is -2.13. The Hall–Kier alpha value is -3.40. The van der Waals surface area contributed by atoms with Crippen molar-refractivity contribution in [2.75, 3.05) is 17.7 Å². The van der Waals surface area contributed by atoms with E-state index in [0.29, 0.717) is 16.4 Å². The number of nitrogens with one attached hydrogen (secondary N) is 2. The third-order valence-electron chi connectivity index (χ3n) is 3.75. The van der Waals surface area contributed by atoms with Crippen molar-refractivity contribution in [3.8, 4) is 10.6 Å². The number of thiazole rings is 1. The van der Waals surface area contributed by atoms with Crippen LogP contribution in [0.2, 0.25) is 0 Å². The Morgan fingerprint density at radius 1 is 1.03 bits per heavy atom. The number of ether oxygens (including phenoxy) is 1. The van der Waals surface area contributed by atoms with Crippen molar-refractivity contribution in [2.24, 2.45) is 0 Å². The first-order chi connectivity index (χ1) is 13.8. The molecule has 0 fully saturated rings. The van der Waals surface area contributed by atoms with Gasteiger partial charge in [0.05, 0.1) is 12.7 Å². The highest BCUT2D eigenvalue weighted by atomic mass is 32.1. The van der Waals surface area contributed by atoms with Gasteiger partial charge in [0, 0.05) is 22.3 Å². The van der Waals surface area contributed by atoms with Crippen molar-refractivity contribution < 1.29 is 27.5 Å². The van der Waals surface area contributed by atoms with Crippen LogP contribution in [0.4, 0.5) is 29.3 Å². The minimum Gasteiger partial charge on any atom is -0.453 e. The molecular formula is C19H14F3N3O3S. The zero-order valence-electron chi connectivity index (χ0n) is 14.9. The normalized spacial score (nSPS) is 11.0. The highest BCUT2D eigenvalue weighted by molar-refractivity contribution is 7.13. The number of hydrogen-bond donors (Lipinski definition) is 2. The number of nitrogens with zero attached hydrogens (tertiary/aromatic N) is 1. The molecule has 3 aromatic rings. The number of amides is 2. The summed E-state index contributed by atoms with van der Waals surface area (Å²) >= 11 is 1.07. The molecule has 0 aliphatic carbocycles. The molecule has 150 valence electrons. The molecule has 1 aromatic heterocycles. The van der Waals surface area contributed by atoms with E-state index in [1.54, 1.807) is 24.3 Å². The summed E-state index contributed by atoms with van der Waals surface area (Å²) in [7, 11) is 1.24. The molecule has 2 N–H and O–H groups in total. The predicted octanol–water partition coefficient (Wildman–Crippen LogP) is 5.26. The summed E-state index contributed by atoms with van der Waals surface area (Å²) in [6, 6.07) is 11.1. The number of anilines is 2. The van der Waals surface area contributed by atoms with Crippen molar-refractivity contribution in [3.63, 3.8) is 0 Å². The molecular weight excluding hydrogens is 407 g/mol. The van der Waals surface area contributed by atoms with Gasteiger partial charge in [0.1, 0.15) is 10.7 Å². The minimum absolute atomic E-state index is 0.0826. The van der Waals surface area contributed by atoms with Gasteiger partial charge < -0.3 is 10.1 Å². The third kappa shape index (κ3) is 5.11. The Bertz CT molecular complexity index is 1030. The summed E-state index contributed by atoms with van der Waals surface area (Å²) in [6.07, 6.45) is -5.08. The molecule has 0 atom stereocenters. The van der Waals surface area contributed by atoms with Crippen molar-refractivity contribution >= 4 is 34.7 Å². The molecule has 0 aliphatic rings. The van der Waals surface area contributed by atoms with E-state index < -0.39 is 23.7 Å². The van der Waals surface area contributed by atoms with Crippen LogP contribution in [0.25, 0.3) is 10.6 Å². The first kappa shape index (κ1) is 20.3. The Kier molecular flexibility index (Phi) is 5.83. The molecule has 0 radical (unpaired) electrons. The first-order valence-electron chi connectivity index (χ1n) is 8.16. The van der Waals surface area contributed by atoms with Crippen LogP contribution in [-0.4, -0.2) is 24.1 Å². The van der Waals surface area contributed by atoms with Crippen LogP contribution in [0.1, 0.15) is 16.1 Å². The van der Waals surface area contributed by atoms with Crippen molar-refractivity contribution in [3.05, 3.63) is 65.2 Å². The van der Waals surface area contributed by atoms with Crippen LogP contribution >= 0.6 is 11.3 Å². The zero-order valence-corrected chi connectivity index (χ0v) is 15.7. The van der Waals surface area contributed by atoms with Crippen molar-refractivity contribution in [1.82, 2.24) is 4.98 Å². The van der Waals surface area contributed by atoms with Gasteiger partial charge in [-0.25, -0.2) is 9.78 Å². The van der Waals surface area contributed by atoms with Crippen molar-refractivity contribution in [1.29, 1.82) is 0 Å². The molecule has 29 heavy (non-hydrogen) atoms. The number of hydrogen-bond acceptors (Lipinski definition) is 5. The minimum atomic E-state index is -4.46. The molecule has 2 aromatic carbocycles. The summed E-state index contributed by atoms with van der Waals surface area (Å²) in [4.78, 5) is 27.6. The van der Waals surface area contributed by atoms with Gasteiger partial charge in [-0.1, -0.05) is 12.1 Å². The summed E-state index contributed by atoms with van der Waals surface area (Å²) in [6.45, 7) is 0. The van der Waals surface area contributed by atoms with Gasteiger partial charge in [0.15, 0.2) is 0 Å². The number of halogens is 3. The average Bonchev–Trinajstić information content (AvgIpc) is 3.19. The van der Waals surface area contributed by atoms with E-state index >= 15 is 0 Å². The average molecular weight is 421 g/mol. The Morgan fingerprint density at radius 3 is 2.31 bits per heavy atom. The van der Waals surface area contributed by atoms with Crippen LogP contribution in [0, 0.1) is 0 Å². The van der Waals surface area contributed by atoms with Gasteiger partial charge in [-0.05, 0) is 36.4 Å². The van der Waals surface area contributed by atoms with Gasteiger partial charge in [-0.3, -0.25) is 10.1 Å². The van der Waals surface area contributed by atoms with Gasteiger partial charge in [-0.15, -0.1) is 11.3 Å². The standard InChI is InChI=1S/C19H14F3N3O3S/c1-28-18(27)24-14-7-5-13(6-8-14)23-16(26)15-10-29-17(25-15)11-3-2-4-12(9-11)19(20,21)22/h2-10H,1H3,(H,23,26)(H,24,27). The molecule has 2 amide bonds. The topological polar surface area (TPSA) is 80.3 Å². The fourth-order valence-corrected chi connectivity index (χ4v) is 3.14. The quantitative estimate of drug-likeness (QED) is 0.602. The fourth-order valence-electron chi connectivity index (χ4n) is 2.34. The number of aromatic nitrogens is 1. The van der Waals surface area contributed by atoms with Crippen LogP contribution in [0.15, 0.2) is 53.9 Å². The van der Waals surface area contributed by atoms with Gasteiger partial charge in [0.25, 0.3) is 5.91 Å². The number of benzene rings is 2. The highest BCUT2D eigenvalue weighted by Gasteiger charge is 2.30. The summed E-state index contributed by atoms with van der Waals surface area (Å²) < 4.78 is 43.1. The Labute approximate surface area is 167 Å². The SMILES string of the molecule is COC(=O)Nc1ccc(NC(=O)c2csc(-c3cccc(C(F)(F)F)c3)n2)cc1. The van der Waals surface area contributed by atoms with Crippen molar-refractivity contribution in [2.45, 2.75) is 6.18 Å². The second-order valence-corrected chi connectivity index (χ2v) is 6.62. The smallest absolute Gasteiger partial charge is 0.416 e. The molecule has 0 unspecified atom stereocenters. The van der Waals surface area contributed by atoms with Crippen LogP contribution < -0.4 is 10.6 Å². The monoisotopic (exact) mass is 421 g/mol. The Balaban J connectivity index is 1.71. The van der Waals surface area contributed by atoms with E-state index in [1.807, 2.05) is 0 Å². The predicted molar refractivity (Wildman–Crippen MR) is 103 cm³/mol. The third-order valence-corrected chi connectivity index (χ3v) is 4.64.